The van der Waals surface area contributed by atoms with E-state index in [9.17, 15) is 19.0 Å². The second-order valence-electron chi connectivity index (χ2n) is 15.2. The van der Waals surface area contributed by atoms with Crippen LogP contribution in [0.4, 0.5) is 0 Å². The highest BCUT2D eigenvalue weighted by atomic mass is 31.2. The zero-order chi connectivity index (χ0) is 38.9. The van der Waals surface area contributed by atoms with Gasteiger partial charge in [-0.05, 0) is 38.5 Å². The summed E-state index contributed by atoms with van der Waals surface area (Å²) < 4.78 is 32.0. The summed E-state index contributed by atoms with van der Waals surface area (Å²) in [7, 11) is -3.19. The highest BCUT2D eigenvalue weighted by Crippen LogP contribution is 2.42. The van der Waals surface area contributed by atoms with Gasteiger partial charge < -0.3 is 14.4 Å². The number of esters is 2. The summed E-state index contributed by atoms with van der Waals surface area (Å²) in [6, 6.07) is 0. The predicted molar refractivity (Wildman–Crippen MR) is 221 cm³/mol. The molecule has 0 aliphatic rings. The van der Waals surface area contributed by atoms with Crippen LogP contribution in [0.2, 0.25) is 0 Å². The lowest BCUT2D eigenvalue weighted by Crippen LogP contribution is -2.29. The van der Waals surface area contributed by atoms with Gasteiger partial charge in [0.25, 0.3) is 0 Å². The third-order valence-electron chi connectivity index (χ3n) is 10.0. The summed E-state index contributed by atoms with van der Waals surface area (Å²) in [4.78, 5) is 34.5. The van der Waals surface area contributed by atoms with Crippen molar-refractivity contribution >= 4 is 19.8 Å². The maximum absolute atomic E-state index is 12.5. The molecule has 0 aromatic heterocycles. The zero-order valence-electron chi connectivity index (χ0n) is 34.9. The number of ether oxygens (including phenoxy) is 2. The number of carbonyl (C=O) groups excluding carboxylic acids is 2. The van der Waals surface area contributed by atoms with Crippen LogP contribution in [0.15, 0.2) is 12.2 Å². The summed E-state index contributed by atoms with van der Waals surface area (Å²) >= 11 is 0. The van der Waals surface area contributed by atoms with E-state index in [-0.39, 0.29) is 19.0 Å². The molecule has 0 fully saturated rings. The van der Waals surface area contributed by atoms with Crippen molar-refractivity contribution in [2.24, 2.45) is 0 Å². The fraction of sp³-hybridized carbons (Fsp3) is 0.909. The van der Waals surface area contributed by atoms with E-state index in [0.29, 0.717) is 12.8 Å². The van der Waals surface area contributed by atoms with Gasteiger partial charge in [-0.3, -0.25) is 18.6 Å². The molecule has 1 N–H and O–H groups in total. The molecule has 0 saturated carbocycles. The lowest BCUT2D eigenvalue weighted by atomic mass is 10.0. The second-order valence-corrected chi connectivity index (χ2v) is 16.8. The van der Waals surface area contributed by atoms with Crippen molar-refractivity contribution in [3.05, 3.63) is 12.2 Å². The molecule has 0 saturated heterocycles. The average Bonchev–Trinajstić information content (AvgIpc) is 3.15. The lowest BCUT2D eigenvalue weighted by molar-refractivity contribution is -0.161. The largest absolute Gasteiger partial charge is 0.472 e. The first-order valence-corrected chi connectivity index (χ1v) is 23.9. The van der Waals surface area contributed by atoms with Gasteiger partial charge in [0.2, 0.25) is 0 Å². The monoisotopic (exact) mass is 773 g/mol. The number of rotatable bonds is 42. The zero-order valence-corrected chi connectivity index (χ0v) is 35.8. The third kappa shape index (κ3) is 40.3. The van der Waals surface area contributed by atoms with E-state index >= 15 is 0 Å². The van der Waals surface area contributed by atoms with Gasteiger partial charge >= 0.3 is 19.8 Å². The molecule has 0 amide bonds. The first-order chi connectivity index (χ1) is 25.8. The number of phosphoric acid groups is 1. The summed E-state index contributed by atoms with van der Waals surface area (Å²) in [5.41, 5.74) is 0. The van der Waals surface area contributed by atoms with Crippen molar-refractivity contribution in [2.75, 3.05) is 20.3 Å². The molecule has 0 spiro atoms. The second kappa shape index (κ2) is 40.5. The van der Waals surface area contributed by atoms with Gasteiger partial charge in [0, 0.05) is 20.0 Å². The van der Waals surface area contributed by atoms with E-state index in [1.807, 2.05) is 0 Å². The minimum atomic E-state index is -4.26. The van der Waals surface area contributed by atoms with E-state index in [1.165, 1.54) is 148 Å². The fourth-order valence-corrected chi connectivity index (χ4v) is 7.00. The summed E-state index contributed by atoms with van der Waals surface area (Å²) in [5.74, 6) is -0.801. The predicted octanol–water partition coefficient (Wildman–Crippen LogP) is 14.1. The molecule has 53 heavy (non-hydrogen) atoms. The normalized spacial score (nSPS) is 13.4. The van der Waals surface area contributed by atoms with Crippen LogP contribution in [-0.2, 0) is 32.7 Å². The molecule has 2 atom stereocenters. The molecule has 0 heterocycles. The maximum atomic E-state index is 12.5. The van der Waals surface area contributed by atoms with Crippen molar-refractivity contribution in [2.45, 2.75) is 238 Å². The van der Waals surface area contributed by atoms with Crippen LogP contribution in [0.1, 0.15) is 232 Å². The molecule has 0 aromatic carbocycles. The van der Waals surface area contributed by atoms with E-state index in [0.717, 1.165) is 58.5 Å². The van der Waals surface area contributed by atoms with E-state index in [4.69, 9.17) is 14.0 Å². The van der Waals surface area contributed by atoms with Gasteiger partial charge in [0.1, 0.15) is 6.61 Å². The van der Waals surface area contributed by atoms with Crippen molar-refractivity contribution < 1.29 is 37.6 Å². The van der Waals surface area contributed by atoms with Crippen LogP contribution >= 0.6 is 7.82 Å². The smallest absolute Gasteiger partial charge is 0.462 e. The molecule has 0 aliphatic carbocycles. The molecule has 0 radical (unpaired) electrons. The van der Waals surface area contributed by atoms with E-state index < -0.39 is 26.5 Å². The summed E-state index contributed by atoms with van der Waals surface area (Å²) in [6.45, 7) is 3.90. The average molecular weight is 773 g/mol. The van der Waals surface area contributed by atoms with Crippen molar-refractivity contribution in [3.63, 3.8) is 0 Å². The minimum absolute atomic E-state index is 0.222. The molecule has 0 aliphatic heterocycles. The number of phosphoric ester groups is 1. The molecule has 9 heteroatoms. The third-order valence-corrected chi connectivity index (χ3v) is 10.9. The van der Waals surface area contributed by atoms with E-state index in [2.05, 4.69) is 30.5 Å². The molecular formula is C44H85O8P. The van der Waals surface area contributed by atoms with E-state index in [1.54, 1.807) is 0 Å². The van der Waals surface area contributed by atoms with Gasteiger partial charge in [-0.1, -0.05) is 193 Å². The Kier molecular flexibility index (Phi) is 39.5. The van der Waals surface area contributed by atoms with Gasteiger partial charge in [0.15, 0.2) is 6.10 Å². The Morgan fingerprint density at radius 3 is 1.23 bits per heavy atom. The Bertz CT molecular complexity index is 879. The van der Waals surface area contributed by atoms with Crippen LogP contribution in [0.25, 0.3) is 0 Å². The standard InChI is InChI=1S/C44H85O8P/c1-4-6-8-10-12-14-16-18-20-21-22-23-24-25-27-28-30-32-34-36-38-43(45)50-40-42(41-51-53(47,48)49-3)52-44(46)39-37-35-33-31-29-26-19-17-15-13-11-9-7-5-2/h17,19,42H,4-16,18,20-41H2,1-3H3,(H,47,48)/b19-17-. The molecule has 0 bridgehead atoms. The number of hydrogen-bond acceptors (Lipinski definition) is 7. The maximum Gasteiger partial charge on any atom is 0.472 e. The van der Waals surface area contributed by atoms with Gasteiger partial charge in [-0.25, -0.2) is 4.57 Å². The van der Waals surface area contributed by atoms with Gasteiger partial charge in [-0.15, -0.1) is 0 Å². The summed E-state index contributed by atoms with van der Waals surface area (Å²) in [5, 5.41) is 0. The van der Waals surface area contributed by atoms with Crippen LogP contribution < -0.4 is 0 Å². The van der Waals surface area contributed by atoms with Gasteiger partial charge in [-0.2, -0.15) is 0 Å². The Morgan fingerprint density at radius 2 is 0.849 bits per heavy atom. The van der Waals surface area contributed by atoms with Crippen LogP contribution in [0.3, 0.4) is 0 Å². The Labute approximate surface area is 327 Å². The minimum Gasteiger partial charge on any atom is -0.462 e. The number of unbranched alkanes of at least 4 members (excludes halogenated alkanes) is 29. The fourth-order valence-electron chi connectivity index (χ4n) is 6.54. The topological polar surface area (TPSA) is 108 Å². The Hall–Kier alpha value is -1.21. The van der Waals surface area contributed by atoms with Crippen LogP contribution in [0.5, 0.6) is 0 Å². The quantitative estimate of drug-likeness (QED) is 0.0283. The summed E-state index contributed by atoms with van der Waals surface area (Å²) in [6.07, 6.45) is 44.1. The van der Waals surface area contributed by atoms with Crippen molar-refractivity contribution in [1.82, 2.24) is 0 Å². The van der Waals surface area contributed by atoms with Gasteiger partial charge in [0.05, 0.1) is 6.61 Å². The number of hydrogen-bond donors (Lipinski definition) is 1. The molecule has 0 aromatic rings. The van der Waals surface area contributed by atoms with Crippen LogP contribution in [-0.4, -0.2) is 43.3 Å². The first kappa shape index (κ1) is 51.8. The Balaban J connectivity index is 3.91. The molecule has 314 valence electrons. The number of allylic oxidation sites excluding steroid dienone is 2. The molecule has 2 unspecified atom stereocenters. The van der Waals surface area contributed by atoms with Crippen molar-refractivity contribution in [3.8, 4) is 0 Å². The van der Waals surface area contributed by atoms with Crippen molar-refractivity contribution in [1.29, 1.82) is 0 Å². The lowest BCUT2D eigenvalue weighted by Gasteiger charge is -2.19. The highest BCUT2D eigenvalue weighted by molar-refractivity contribution is 7.47. The molecule has 8 nitrogen and oxygen atoms in total. The molecular weight excluding hydrogens is 687 g/mol. The highest BCUT2D eigenvalue weighted by Gasteiger charge is 2.24. The van der Waals surface area contributed by atoms with Crippen LogP contribution in [0, 0.1) is 0 Å². The number of carbonyl (C=O) groups is 2. The Morgan fingerprint density at radius 1 is 0.509 bits per heavy atom. The SMILES string of the molecule is CCCCCCC/C=C\CCCCCCCC(=O)OC(COC(=O)CCCCCCCCCCCCCCCCCCCCCC)COP(=O)(O)OC. The molecule has 0 rings (SSSR count). The first-order valence-electron chi connectivity index (χ1n) is 22.4.